The van der Waals surface area contributed by atoms with Crippen molar-refractivity contribution in [2.75, 3.05) is 18.5 Å². The monoisotopic (exact) mass is 290 g/mol. The number of hydrogen-bond acceptors (Lipinski definition) is 5. The fraction of sp³-hybridized carbons (Fsp3) is 0.357. The second kappa shape index (κ2) is 6.15. The Labute approximate surface area is 122 Å². The number of benzene rings is 1. The first kappa shape index (κ1) is 13.3. The van der Waals surface area contributed by atoms with E-state index in [9.17, 15) is 0 Å². The molecule has 2 aromatic rings. The summed E-state index contributed by atoms with van der Waals surface area (Å²) in [7, 11) is 0. The Kier molecular flexibility index (Phi) is 4.08. The first-order chi connectivity index (χ1) is 9.81. The van der Waals surface area contributed by atoms with Gasteiger partial charge in [-0.1, -0.05) is 30.3 Å². The van der Waals surface area contributed by atoms with Crippen LogP contribution < -0.4 is 5.32 Å². The molecule has 0 spiro atoms. The Morgan fingerprint density at radius 2 is 1.80 bits per heavy atom. The Morgan fingerprint density at radius 1 is 1.05 bits per heavy atom. The SMILES string of the molecule is Clc1nc(NC2CCOCC2)nc(-c2ccccc2)n1. The second-order valence-electron chi connectivity index (χ2n) is 4.65. The minimum Gasteiger partial charge on any atom is -0.381 e. The minimum atomic E-state index is 0.202. The van der Waals surface area contributed by atoms with Gasteiger partial charge in [-0.05, 0) is 24.4 Å². The van der Waals surface area contributed by atoms with Gasteiger partial charge in [-0.2, -0.15) is 15.0 Å². The number of rotatable bonds is 3. The fourth-order valence-corrected chi connectivity index (χ4v) is 2.32. The molecule has 1 saturated heterocycles. The summed E-state index contributed by atoms with van der Waals surface area (Å²) >= 11 is 5.99. The maximum absolute atomic E-state index is 5.99. The number of hydrogen-bond donors (Lipinski definition) is 1. The average molecular weight is 291 g/mol. The van der Waals surface area contributed by atoms with E-state index in [4.69, 9.17) is 16.3 Å². The van der Waals surface area contributed by atoms with E-state index in [2.05, 4.69) is 20.3 Å². The number of halogens is 1. The molecule has 1 N–H and O–H groups in total. The van der Waals surface area contributed by atoms with Gasteiger partial charge in [-0.3, -0.25) is 0 Å². The largest absolute Gasteiger partial charge is 0.381 e. The van der Waals surface area contributed by atoms with Crippen LogP contribution in [0.4, 0.5) is 5.95 Å². The molecule has 1 fully saturated rings. The molecule has 1 aromatic heterocycles. The van der Waals surface area contributed by atoms with Crippen molar-refractivity contribution in [3.63, 3.8) is 0 Å². The van der Waals surface area contributed by atoms with Gasteiger partial charge < -0.3 is 10.1 Å². The normalized spacial score (nSPS) is 16.1. The zero-order valence-corrected chi connectivity index (χ0v) is 11.7. The number of ether oxygens (including phenoxy) is 1. The molecule has 6 heteroatoms. The molecule has 104 valence electrons. The van der Waals surface area contributed by atoms with Gasteiger partial charge in [0.05, 0.1) is 0 Å². The third kappa shape index (κ3) is 3.23. The van der Waals surface area contributed by atoms with Gasteiger partial charge in [0, 0.05) is 24.8 Å². The minimum absolute atomic E-state index is 0.202. The van der Waals surface area contributed by atoms with Crippen LogP contribution in [0.2, 0.25) is 5.28 Å². The van der Waals surface area contributed by atoms with E-state index in [1.165, 1.54) is 0 Å². The Morgan fingerprint density at radius 3 is 2.55 bits per heavy atom. The van der Waals surface area contributed by atoms with Crippen LogP contribution in [0.5, 0.6) is 0 Å². The Hall–Kier alpha value is -1.72. The van der Waals surface area contributed by atoms with Crippen LogP contribution in [0.3, 0.4) is 0 Å². The average Bonchev–Trinajstić information content (AvgIpc) is 2.49. The van der Waals surface area contributed by atoms with E-state index in [-0.39, 0.29) is 5.28 Å². The number of anilines is 1. The highest BCUT2D eigenvalue weighted by atomic mass is 35.5. The third-order valence-electron chi connectivity index (χ3n) is 3.19. The van der Waals surface area contributed by atoms with Crippen molar-refractivity contribution in [1.82, 2.24) is 15.0 Å². The van der Waals surface area contributed by atoms with E-state index in [0.29, 0.717) is 17.8 Å². The molecule has 1 aromatic carbocycles. The second-order valence-corrected chi connectivity index (χ2v) is 4.99. The van der Waals surface area contributed by atoms with Crippen molar-refractivity contribution in [2.45, 2.75) is 18.9 Å². The summed E-state index contributed by atoms with van der Waals surface area (Å²) in [6.07, 6.45) is 1.90. The zero-order valence-electron chi connectivity index (χ0n) is 10.9. The molecule has 5 nitrogen and oxygen atoms in total. The van der Waals surface area contributed by atoms with E-state index in [1.807, 2.05) is 30.3 Å². The summed E-state index contributed by atoms with van der Waals surface area (Å²) in [5.41, 5.74) is 0.923. The zero-order chi connectivity index (χ0) is 13.8. The van der Waals surface area contributed by atoms with Gasteiger partial charge in [0.15, 0.2) is 5.82 Å². The Bertz CT molecular complexity index is 573. The van der Waals surface area contributed by atoms with Crippen LogP contribution in [0.15, 0.2) is 30.3 Å². The molecule has 2 heterocycles. The molecule has 3 rings (SSSR count). The fourth-order valence-electron chi connectivity index (χ4n) is 2.16. The van der Waals surface area contributed by atoms with Crippen molar-refractivity contribution in [3.05, 3.63) is 35.6 Å². The molecular weight excluding hydrogens is 276 g/mol. The van der Waals surface area contributed by atoms with Crippen molar-refractivity contribution >= 4 is 17.5 Å². The Balaban J connectivity index is 1.83. The van der Waals surface area contributed by atoms with Crippen LogP contribution in [0.25, 0.3) is 11.4 Å². The summed E-state index contributed by atoms with van der Waals surface area (Å²) < 4.78 is 5.33. The lowest BCUT2D eigenvalue weighted by Gasteiger charge is -2.23. The van der Waals surface area contributed by atoms with Gasteiger partial charge in [-0.15, -0.1) is 0 Å². The molecular formula is C14H15ClN4O. The molecule has 0 unspecified atom stereocenters. The number of nitrogens with zero attached hydrogens (tertiary/aromatic N) is 3. The van der Waals surface area contributed by atoms with E-state index in [0.717, 1.165) is 31.6 Å². The maximum Gasteiger partial charge on any atom is 0.227 e. The predicted molar refractivity (Wildman–Crippen MR) is 77.7 cm³/mol. The van der Waals surface area contributed by atoms with Gasteiger partial charge in [0.2, 0.25) is 11.2 Å². The van der Waals surface area contributed by atoms with Crippen molar-refractivity contribution in [2.24, 2.45) is 0 Å². The molecule has 20 heavy (non-hydrogen) atoms. The maximum atomic E-state index is 5.99. The summed E-state index contributed by atoms with van der Waals surface area (Å²) in [6, 6.07) is 10.1. The van der Waals surface area contributed by atoms with Crippen molar-refractivity contribution in [3.8, 4) is 11.4 Å². The van der Waals surface area contributed by atoms with Crippen molar-refractivity contribution in [1.29, 1.82) is 0 Å². The summed E-state index contributed by atoms with van der Waals surface area (Å²) in [6.45, 7) is 1.53. The molecule has 0 atom stereocenters. The van der Waals surface area contributed by atoms with Gasteiger partial charge in [0.1, 0.15) is 0 Å². The lowest BCUT2D eigenvalue weighted by molar-refractivity contribution is 0.0903. The summed E-state index contributed by atoms with van der Waals surface area (Å²) in [5, 5.41) is 3.51. The molecule has 1 aliphatic heterocycles. The van der Waals surface area contributed by atoms with Crippen LogP contribution in [0, 0.1) is 0 Å². The van der Waals surface area contributed by atoms with Gasteiger partial charge >= 0.3 is 0 Å². The van der Waals surface area contributed by atoms with E-state index >= 15 is 0 Å². The summed E-state index contributed by atoms with van der Waals surface area (Å²) in [5.74, 6) is 1.11. The number of aromatic nitrogens is 3. The van der Waals surface area contributed by atoms with Crippen LogP contribution in [-0.4, -0.2) is 34.2 Å². The topological polar surface area (TPSA) is 59.9 Å². The first-order valence-electron chi connectivity index (χ1n) is 6.62. The summed E-state index contributed by atoms with van der Waals surface area (Å²) in [4.78, 5) is 12.8. The van der Waals surface area contributed by atoms with E-state index in [1.54, 1.807) is 0 Å². The first-order valence-corrected chi connectivity index (χ1v) is 7.00. The highest BCUT2D eigenvalue weighted by Crippen LogP contribution is 2.19. The lowest BCUT2D eigenvalue weighted by Crippen LogP contribution is -2.28. The molecule has 0 bridgehead atoms. The van der Waals surface area contributed by atoms with Crippen molar-refractivity contribution < 1.29 is 4.74 Å². The van der Waals surface area contributed by atoms with Crippen LogP contribution >= 0.6 is 11.6 Å². The molecule has 0 radical (unpaired) electrons. The number of nitrogens with one attached hydrogen (secondary N) is 1. The van der Waals surface area contributed by atoms with Crippen LogP contribution in [-0.2, 0) is 4.74 Å². The molecule has 0 saturated carbocycles. The predicted octanol–water partition coefficient (Wildman–Crippen LogP) is 2.78. The van der Waals surface area contributed by atoms with Crippen LogP contribution in [0.1, 0.15) is 12.8 Å². The third-order valence-corrected chi connectivity index (χ3v) is 3.36. The standard InChI is InChI=1S/C14H15ClN4O/c15-13-17-12(10-4-2-1-3-5-10)18-14(19-13)16-11-6-8-20-9-7-11/h1-5,11H,6-9H2,(H,16,17,18,19). The molecule has 1 aliphatic rings. The molecule has 0 amide bonds. The van der Waals surface area contributed by atoms with E-state index < -0.39 is 0 Å². The smallest absolute Gasteiger partial charge is 0.227 e. The highest BCUT2D eigenvalue weighted by Gasteiger charge is 2.15. The van der Waals surface area contributed by atoms with Gasteiger partial charge in [0.25, 0.3) is 0 Å². The lowest BCUT2D eigenvalue weighted by atomic mass is 10.1. The van der Waals surface area contributed by atoms with Gasteiger partial charge in [-0.25, -0.2) is 0 Å². The quantitative estimate of drug-likeness (QED) is 0.942. The highest BCUT2D eigenvalue weighted by molar-refractivity contribution is 6.28. The molecule has 0 aliphatic carbocycles.